The van der Waals surface area contributed by atoms with Gasteiger partial charge in [0, 0.05) is 10.9 Å². The van der Waals surface area contributed by atoms with Crippen molar-refractivity contribution in [2.45, 2.75) is 18.8 Å². The number of nitrogens with one attached hydrogen (secondary N) is 2. The number of halogens is 3. The van der Waals surface area contributed by atoms with Crippen molar-refractivity contribution in [2.24, 2.45) is 0 Å². The number of amides is 1. The highest BCUT2D eigenvalue weighted by molar-refractivity contribution is 6.32. The summed E-state index contributed by atoms with van der Waals surface area (Å²) in [5, 5.41) is 11.9. The summed E-state index contributed by atoms with van der Waals surface area (Å²) in [7, 11) is 1.55. The fraction of sp³-hybridized carbons (Fsp3) is 0.273. The molecule has 1 aromatic heterocycles. The molecule has 0 spiro atoms. The number of benzene rings is 2. The van der Waals surface area contributed by atoms with E-state index >= 15 is 0 Å². The zero-order valence-corrected chi connectivity index (χ0v) is 19.2. The molecule has 0 unspecified atom stereocenters. The molecule has 0 saturated carbocycles. The minimum Gasteiger partial charge on any atom is -0.495 e. The largest absolute Gasteiger partial charge is 0.495 e. The van der Waals surface area contributed by atoms with Gasteiger partial charge in [0.2, 0.25) is 0 Å². The third-order valence-corrected chi connectivity index (χ3v) is 5.82. The number of anilines is 1. The fourth-order valence-corrected chi connectivity index (χ4v) is 4.19. The SMILES string of the molecule is COc1ccc(Cl)cc1NC(=O)c1cnn(-c2ccccc2Cl)c1C1CCNCC1.Cl. The van der Waals surface area contributed by atoms with Gasteiger partial charge < -0.3 is 15.4 Å². The van der Waals surface area contributed by atoms with E-state index in [9.17, 15) is 4.79 Å². The Bertz CT molecular complexity index is 1060. The maximum absolute atomic E-state index is 13.3. The number of hydrogen-bond acceptors (Lipinski definition) is 4. The molecular weight excluding hydrogens is 459 g/mol. The van der Waals surface area contributed by atoms with Gasteiger partial charge in [-0.2, -0.15) is 5.10 Å². The molecule has 0 radical (unpaired) electrons. The molecule has 1 amide bonds. The standard InChI is InChI=1S/C22H22Cl2N4O2.ClH/c1-30-20-7-6-15(23)12-18(20)27-22(29)16-13-26-28(19-5-3-2-4-17(19)24)21(16)14-8-10-25-11-9-14;/h2-7,12-14,25H,8-11H2,1H3,(H,27,29);1H. The maximum Gasteiger partial charge on any atom is 0.259 e. The second-order valence-electron chi connectivity index (χ2n) is 7.13. The molecule has 4 rings (SSSR count). The molecule has 6 nitrogen and oxygen atoms in total. The zero-order valence-electron chi connectivity index (χ0n) is 16.9. The summed E-state index contributed by atoms with van der Waals surface area (Å²) in [6.07, 6.45) is 3.43. The van der Waals surface area contributed by atoms with Crippen LogP contribution in [-0.4, -0.2) is 35.9 Å². The van der Waals surface area contributed by atoms with Crippen molar-refractivity contribution in [3.63, 3.8) is 0 Å². The van der Waals surface area contributed by atoms with Crippen LogP contribution in [0.4, 0.5) is 5.69 Å². The van der Waals surface area contributed by atoms with Crippen molar-refractivity contribution in [3.05, 3.63) is 70.0 Å². The second-order valence-corrected chi connectivity index (χ2v) is 7.97. The highest BCUT2D eigenvalue weighted by Gasteiger charge is 2.28. The van der Waals surface area contributed by atoms with E-state index in [0.717, 1.165) is 37.3 Å². The molecule has 1 aliphatic rings. The number of rotatable bonds is 5. The molecule has 0 atom stereocenters. The third-order valence-electron chi connectivity index (χ3n) is 5.27. The van der Waals surface area contributed by atoms with Gasteiger partial charge in [0.15, 0.2) is 0 Å². The lowest BCUT2D eigenvalue weighted by molar-refractivity contribution is 0.102. The van der Waals surface area contributed by atoms with E-state index in [0.29, 0.717) is 27.0 Å². The number of aromatic nitrogens is 2. The molecule has 9 heteroatoms. The molecule has 164 valence electrons. The lowest BCUT2D eigenvalue weighted by Gasteiger charge is -2.25. The zero-order chi connectivity index (χ0) is 21.1. The van der Waals surface area contributed by atoms with Crippen LogP contribution in [0.2, 0.25) is 10.0 Å². The Labute approximate surface area is 197 Å². The van der Waals surface area contributed by atoms with Gasteiger partial charge in [-0.3, -0.25) is 4.79 Å². The molecule has 2 aromatic carbocycles. The Morgan fingerprint density at radius 2 is 1.94 bits per heavy atom. The quantitative estimate of drug-likeness (QED) is 0.517. The normalized spacial score (nSPS) is 14.0. The number of methoxy groups -OCH3 is 1. The average molecular weight is 482 g/mol. The highest BCUT2D eigenvalue weighted by Crippen LogP contribution is 2.33. The predicted octanol–water partition coefficient (Wildman–Crippen LogP) is 5.33. The monoisotopic (exact) mass is 480 g/mol. The van der Waals surface area contributed by atoms with E-state index < -0.39 is 0 Å². The summed E-state index contributed by atoms with van der Waals surface area (Å²) in [5.41, 5.74) is 2.65. The Morgan fingerprint density at radius 1 is 1.19 bits per heavy atom. The Kier molecular flexibility index (Phi) is 7.84. The van der Waals surface area contributed by atoms with Gasteiger partial charge in [-0.25, -0.2) is 4.68 Å². The van der Waals surface area contributed by atoms with Gasteiger partial charge in [0.1, 0.15) is 5.75 Å². The number of para-hydroxylation sites is 1. The lowest BCUT2D eigenvalue weighted by atomic mass is 9.91. The number of ether oxygens (including phenoxy) is 1. The van der Waals surface area contributed by atoms with Crippen molar-refractivity contribution in [2.75, 3.05) is 25.5 Å². The lowest BCUT2D eigenvalue weighted by Crippen LogP contribution is -2.29. The van der Waals surface area contributed by atoms with Crippen LogP contribution in [0.15, 0.2) is 48.7 Å². The molecule has 2 heterocycles. The van der Waals surface area contributed by atoms with Gasteiger partial charge in [0.05, 0.1) is 41.0 Å². The minimum absolute atomic E-state index is 0. The summed E-state index contributed by atoms with van der Waals surface area (Å²) >= 11 is 12.6. The number of nitrogens with zero attached hydrogens (tertiary/aromatic N) is 2. The van der Waals surface area contributed by atoms with E-state index in [1.165, 1.54) is 0 Å². The van der Waals surface area contributed by atoms with Crippen molar-refractivity contribution in [3.8, 4) is 11.4 Å². The van der Waals surface area contributed by atoms with E-state index in [4.69, 9.17) is 27.9 Å². The van der Waals surface area contributed by atoms with Crippen molar-refractivity contribution in [1.82, 2.24) is 15.1 Å². The van der Waals surface area contributed by atoms with Crippen LogP contribution >= 0.6 is 35.6 Å². The first-order chi connectivity index (χ1) is 14.6. The van der Waals surface area contributed by atoms with Gasteiger partial charge in [-0.1, -0.05) is 35.3 Å². The number of hydrogen-bond donors (Lipinski definition) is 2. The summed E-state index contributed by atoms with van der Waals surface area (Å²) in [4.78, 5) is 13.3. The highest BCUT2D eigenvalue weighted by atomic mass is 35.5. The van der Waals surface area contributed by atoms with Crippen molar-refractivity contribution >= 4 is 47.2 Å². The van der Waals surface area contributed by atoms with Crippen LogP contribution in [-0.2, 0) is 0 Å². The molecule has 1 fully saturated rings. The van der Waals surface area contributed by atoms with E-state index in [1.807, 2.05) is 24.3 Å². The molecule has 2 N–H and O–H groups in total. The summed E-state index contributed by atoms with van der Waals surface area (Å²) < 4.78 is 7.15. The first kappa shape index (κ1) is 23.4. The van der Waals surface area contributed by atoms with Gasteiger partial charge in [-0.05, 0) is 56.3 Å². The van der Waals surface area contributed by atoms with E-state index in [-0.39, 0.29) is 24.2 Å². The molecule has 1 saturated heterocycles. The van der Waals surface area contributed by atoms with Crippen LogP contribution in [0, 0.1) is 0 Å². The molecular formula is C22H23Cl3N4O2. The second kappa shape index (κ2) is 10.4. The third kappa shape index (κ3) is 4.99. The molecule has 1 aliphatic heterocycles. The van der Waals surface area contributed by atoms with Crippen LogP contribution < -0.4 is 15.4 Å². The number of carbonyl (C=O) groups is 1. The van der Waals surface area contributed by atoms with Gasteiger partial charge in [-0.15, -0.1) is 12.4 Å². The minimum atomic E-state index is -0.262. The summed E-state index contributed by atoms with van der Waals surface area (Å²) in [5.74, 6) is 0.462. The van der Waals surface area contributed by atoms with Crippen LogP contribution in [0.3, 0.4) is 0 Å². The summed E-state index contributed by atoms with van der Waals surface area (Å²) in [6.45, 7) is 1.78. The smallest absolute Gasteiger partial charge is 0.259 e. The first-order valence-corrected chi connectivity index (χ1v) is 10.5. The predicted molar refractivity (Wildman–Crippen MR) is 127 cm³/mol. The van der Waals surface area contributed by atoms with E-state index in [2.05, 4.69) is 15.7 Å². The van der Waals surface area contributed by atoms with Gasteiger partial charge >= 0.3 is 0 Å². The number of piperidine rings is 1. The van der Waals surface area contributed by atoms with Crippen LogP contribution in [0.5, 0.6) is 5.75 Å². The van der Waals surface area contributed by atoms with Crippen LogP contribution in [0.25, 0.3) is 5.69 Å². The van der Waals surface area contributed by atoms with Crippen molar-refractivity contribution < 1.29 is 9.53 Å². The maximum atomic E-state index is 13.3. The Morgan fingerprint density at radius 3 is 2.65 bits per heavy atom. The Hall–Kier alpha value is -2.25. The molecule has 0 bridgehead atoms. The summed E-state index contributed by atoms with van der Waals surface area (Å²) in [6, 6.07) is 12.6. The van der Waals surface area contributed by atoms with E-state index in [1.54, 1.807) is 36.2 Å². The van der Waals surface area contributed by atoms with Gasteiger partial charge in [0.25, 0.3) is 5.91 Å². The Balaban J connectivity index is 0.00000272. The number of carbonyl (C=O) groups excluding carboxylic acids is 1. The average Bonchev–Trinajstić information content (AvgIpc) is 3.20. The topological polar surface area (TPSA) is 68.2 Å². The fourth-order valence-electron chi connectivity index (χ4n) is 3.80. The molecule has 31 heavy (non-hydrogen) atoms. The van der Waals surface area contributed by atoms with Crippen LogP contribution in [0.1, 0.15) is 34.8 Å². The van der Waals surface area contributed by atoms with Crippen molar-refractivity contribution in [1.29, 1.82) is 0 Å². The molecule has 0 aliphatic carbocycles. The first-order valence-electron chi connectivity index (χ1n) is 9.77. The molecule has 3 aromatic rings.